The Hall–Kier alpha value is -2.09. The molecule has 2 unspecified atom stereocenters. The van der Waals surface area contributed by atoms with Crippen LogP contribution in [0.5, 0.6) is 0 Å². The van der Waals surface area contributed by atoms with Crippen LogP contribution in [-0.2, 0) is 10.2 Å². The molecule has 0 saturated heterocycles. The second-order valence-corrected chi connectivity index (χ2v) is 9.44. The molecule has 2 aromatic rings. The number of aliphatic imine (C=N–C) groups is 1. The van der Waals surface area contributed by atoms with Gasteiger partial charge < -0.3 is 11.1 Å². The van der Waals surface area contributed by atoms with Crippen molar-refractivity contribution < 1.29 is 17.4 Å². The maximum atomic E-state index is 13.4. The molecule has 0 amide bonds. The third kappa shape index (κ3) is 6.45. The highest BCUT2D eigenvalue weighted by atomic mass is 79.9. The molecule has 164 valence electrons. The summed E-state index contributed by atoms with van der Waals surface area (Å²) >= 11 is 3.11. The predicted molar refractivity (Wildman–Crippen MR) is 114 cm³/mol. The Morgan fingerprint density at radius 1 is 1.33 bits per heavy atom. The first-order valence-electron chi connectivity index (χ1n) is 9.34. The van der Waals surface area contributed by atoms with E-state index in [2.05, 4.69) is 41.3 Å². The van der Waals surface area contributed by atoms with E-state index in [9.17, 15) is 12.8 Å². The third-order valence-corrected chi connectivity index (χ3v) is 6.13. The van der Waals surface area contributed by atoms with Gasteiger partial charge >= 0.3 is 0 Å². The number of rotatable bonds is 9. The van der Waals surface area contributed by atoms with Crippen molar-refractivity contribution in [3.05, 3.63) is 34.2 Å². The topological polar surface area (TPSA) is 162 Å². The Morgan fingerprint density at radius 3 is 2.83 bits per heavy atom. The van der Waals surface area contributed by atoms with E-state index >= 15 is 0 Å². The number of anilines is 1. The maximum Gasteiger partial charge on any atom is 0.274 e. The van der Waals surface area contributed by atoms with Gasteiger partial charge in [0.25, 0.3) is 10.2 Å². The number of hydrogen-bond acceptors (Lipinski definition) is 7. The van der Waals surface area contributed by atoms with E-state index in [1.165, 1.54) is 18.2 Å². The normalized spacial score (nSPS) is 19.9. The van der Waals surface area contributed by atoms with Gasteiger partial charge in [-0.25, -0.2) is 23.9 Å². The molecule has 0 bridgehead atoms. The van der Waals surface area contributed by atoms with Crippen LogP contribution in [0.2, 0.25) is 0 Å². The lowest BCUT2D eigenvalue weighted by Gasteiger charge is -2.12. The van der Waals surface area contributed by atoms with Crippen molar-refractivity contribution in [3.8, 4) is 0 Å². The lowest BCUT2D eigenvalue weighted by Crippen LogP contribution is -2.34. The summed E-state index contributed by atoms with van der Waals surface area (Å²) in [5, 5.41) is 15.7. The second kappa shape index (κ2) is 9.81. The van der Waals surface area contributed by atoms with Crippen LogP contribution in [0.4, 0.5) is 15.9 Å². The van der Waals surface area contributed by atoms with Crippen molar-refractivity contribution in [2.24, 2.45) is 27.7 Å². The van der Waals surface area contributed by atoms with Gasteiger partial charge in [-0.3, -0.25) is 0 Å². The average molecular weight is 504 g/mol. The second-order valence-electron chi connectivity index (χ2n) is 7.21. The van der Waals surface area contributed by atoms with Crippen LogP contribution in [0.1, 0.15) is 31.4 Å². The SMILES string of the molecule is NC(=Nc1ccc(F)c(Br)c1)c1nonc1NCCC1CCC(CNS(N)(=O)=O)C1. The summed E-state index contributed by atoms with van der Waals surface area (Å²) in [6.45, 7) is 0.989. The first-order valence-corrected chi connectivity index (χ1v) is 11.7. The Labute approximate surface area is 182 Å². The summed E-state index contributed by atoms with van der Waals surface area (Å²) in [6.07, 6.45) is 3.78. The van der Waals surface area contributed by atoms with Crippen LogP contribution >= 0.6 is 15.9 Å². The quantitative estimate of drug-likeness (QED) is 0.300. The van der Waals surface area contributed by atoms with E-state index in [-0.39, 0.29) is 21.9 Å². The molecule has 3 rings (SSSR count). The summed E-state index contributed by atoms with van der Waals surface area (Å²) in [7, 11) is -3.65. The van der Waals surface area contributed by atoms with Crippen molar-refractivity contribution >= 4 is 43.5 Å². The molecular weight excluding hydrogens is 481 g/mol. The molecule has 1 aromatic carbocycles. The number of hydrogen-bond donors (Lipinski definition) is 4. The molecule has 0 aliphatic heterocycles. The average Bonchev–Trinajstić information content (AvgIpc) is 3.32. The van der Waals surface area contributed by atoms with Gasteiger partial charge in [0.1, 0.15) is 5.82 Å². The minimum absolute atomic E-state index is 0.0901. The molecule has 13 heteroatoms. The molecule has 30 heavy (non-hydrogen) atoms. The number of nitrogens with one attached hydrogen (secondary N) is 2. The zero-order valence-electron chi connectivity index (χ0n) is 16.0. The summed E-state index contributed by atoms with van der Waals surface area (Å²) in [4.78, 5) is 4.23. The largest absolute Gasteiger partial charge is 0.382 e. The van der Waals surface area contributed by atoms with Crippen LogP contribution < -0.4 is 20.9 Å². The van der Waals surface area contributed by atoms with Crippen LogP contribution in [-0.4, -0.2) is 37.7 Å². The molecular formula is C17H23BrFN7O3S. The fourth-order valence-electron chi connectivity index (χ4n) is 3.47. The monoisotopic (exact) mass is 503 g/mol. The van der Waals surface area contributed by atoms with Crippen LogP contribution in [0, 0.1) is 17.7 Å². The van der Waals surface area contributed by atoms with E-state index in [0.29, 0.717) is 30.5 Å². The van der Waals surface area contributed by atoms with Gasteiger partial charge in [0, 0.05) is 13.1 Å². The first kappa shape index (κ1) is 22.6. The van der Waals surface area contributed by atoms with Crippen LogP contribution in [0.3, 0.4) is 0 Å². The molecule has 0 spiro atoms. The first-order chi connectivity index (χ1) is 14.2. The van der Waals surface area contributed by atoms with Gasteiger partial charge in [-0.2, -0.15) is 8.42 Å². The van der Waals surface area contributed by atoms with Crippen molar-refractivity contribution in [1.82, 2.24) is 15.0 Å². The van der Waals surface area contributed by atoms with E-state index in [0.717, 1.165) is 25.7 Å². The van der Waals surface area contributed by atoms with Crippen LogP contribution in [0.25, 0.3) is 0 Å². The molecule has 2 atom stereocenters. The molecule has 1 aliphatic rings. The maximum absolute atomic E-state index is 13.4. The van der Waals surface area contributed by atoms with Gasteiger partial charge in [-0.05, 0) is 75.5 Å². The van der Waals surface area contributed by atoms with Gasteiger partial charge in [-0.1, -0.05) is 6.42 Å². The number of nitrogens with zero attached hydrogens (tertiary/aromatic N) is 3. The number of benzene rings is 1. The van der Waals surface area contributed by atoms with Crippen LogP contribution in [0.15, 0.2) is 32.3 Å². The number of nitrogens with two attached hydrogens (primary N) is 2. The molecule has 6 N–H and O–H groups in total. The summed E-state index contributed by atoms with van der Waals surface area (Å²) < 4.78 is 42.8. The van der Waals surface area contributed by atoms with Gasteiger partial charge in [0.2, 0.25) is 5.82 Å². The standard InChI is InChI=1S/C17H23BrFN7O3S/c18-13-8-12(3-4-14(13)19)24-16(20)15-17(26-29-25-15)22-6-5-10-1-2-11(7-10)9-23-30(21,27)28/h3-4,8,10-11,23H,1-2,5-7,9H2,(H2,20,24)(H,22,26)(H2,21,27,28). The van der Waals surface area contributed by atoms with Crippen molar-refractivity contribution in [2.45, 2.75) is 25.7 Å². The van der Waals surface area contributed by atoms with E-state index < -0.39 is 16.0 Å². The Balaban J connectivity index is 1.51. The lowest BCUT2D eigenvalue weighted by atomic mass is 10.0. The number of amidine groups is 1. The van der Waals surface area contributed by atoms with E-state index in [4.69, 9.17) is 15.5 Å². The minimum atomic E-state index is -3.65. The highest BCUT2D eigenvalue weighted by molar-refractivity contribution is 9.10. The molecule has 1 aliphatic carbocycles. The predicted octanol–water partition coefficient (Wildman–Crippen LogP) is 2.02. The molecule has 1 fully saturated rings. The van der Waals surface area contributed by atoms with Gasteiger partial charge in [0.15, 0.2) is 11.5 Å². The lowest BCUT2D eigenvalue weighted by molar-refractivity contribution is 0.307. The highest BCUT2D eigenvalue weighted by Crippen LogP contribution is 2.32. The van der Waals surface area contributed by atoms with Crippen molar-refractivity contribution in [2.75, 3.05) is 18.4 Å². The van der Waals surface area contributed by atoms with Gasteiger partial charge in [-0.15, -0.1) is 0 Å². The summed E-state index contributed by atoms with van der Waals surface area (Å²) in [5.74, 6) is 0.828. The Morgan fingerprint density at radius 2 is 2.10 bits per heavy atom. The number of halogens is 2. The molecule has 0 radical (unpaired) electrons. The highest BCUT2D eigenvalue weighted by Gasteiger charge is 2.25. The fraction of sp³-hybridized carbons (Fsp3) is 0.471. The zero-order chi connectivity index (χ0) is 21.7. The van der Waals surface area contributed by atoms with Crippen molar-refractivity contribution in [3.63, 3.8) is 0 Å². The summed E-state index contributed by atoms with van der Waals surface area (Å²) in [6, 6.07) is 4.28. The summed E-state index contributed by atoms with van der Waals surface area (Å²) in [5.41, 5.74) is 6.75. The minimum Gasteiger partial charge on any atom is -0.382 e. The fourth-order valence-corrected chi connectivity index (χ4v) is 4.31. The molecule has 1 aromatic heterocycles. The third-order valence-electron chi connectivity index (χ3n) is 4.95. The van der Waals surface area contributed by atoms with Crippen molar-refractivity contribution in [1.29, 1.82) is 0 Å². The van der Waals surface area contributed by atoms with Gasteiger partial charge in [0.05, 0.1) is 10.2 Å². The zero-order valence-corrected chi connectivity index (χ0v) is 18.4. The molecule has 10 nitrogen and oxygen atoms in total. The molecule has 1 heterocycles. The smallest absolute Gasteiger partial charge is 0.274 e. The Kier molecular flexibility index (Phi) is 7.39. The van der Waals surface area contributed by atoms with E-state index in [1.54, 1.807) is 0 Å². The molecule has 1 saturated carbocycles. The number of aromatic nitrogens is 2. The van der Waals surface area contributed by atoms with E-state index in [1.807, 2.05) is 0 Å². The Bertz CT molecular complexity index is 1010.